The van der Waals surface area contributed by atoms with E-state index in [1.54, 1.807) is 0 Å². The van der Waals surface area contributed by atoms with Crippen LogP contribution in [0.3, 0.4) is 0 Å². The van der Waals surface area contributed by atoms with Gasteiger partial charge in [0.1, 0.15) is 0 Å². The molecule has 1 rings (SSSR count). The lowest BCUT2D eigenvalue weighted by molar-refractivity contribution is 1.24. The van der Waals surface area contributed by atoms with Crippen LogP contribution in [0.25, 0.3) is 5.57 Å². The molecule has 1 aromatic rings. The van der Waals surface area contributed by atoms with Gasteiger partial charge in [-0.05, 0) is 25.0 Å². The Morgan fingerprint density at radius 3 is 2.50 bits per heavy atom. The second kappa shape index (κ2) is 4.58. The van der Waals surface area contributed by atoms with Crippen molar-refractivity contribution in [2.45, 2.75) is 20.3 Å². The smallest absolute Gasteiger partial charge is 0.000582 e. The maximum Gasteiger partial charge on any atom is 0.000582 e. The van der Waals surface area contributed by atoms with Crippen LogP contribution in [0.1, 0.15) is 25.8 Å². The Hall–Kier alpha value is -1.26. The van der Waals surface area contributed by atoms with E-state index in [2.05, 4.69) is 36.9 Å². The molecule has 0 amide bonds. The van der Waals surface area contributed by atoms with Gasteiger partial charge in [0, 0.05) is 5.57 Å². The van der Waals surface area contributed by atoms with Gasteiger partial charge in [-0.25, -0.2) is 0 Å². The molecule has 0 aliphatic carbocycles. The van der Waals surface area contributed by atoms with Gasteiger partial charge < -0.3 is 0 Å². The maximum atomic E-state index is 3.24. The second-order valence-electron chi connectivity index (χ2n) is 2.63. The van der Waals surface area contributed by atoms with Crippen molar-refractivity contribution in [2.24, 2.45) is 0 Å². The van der Waals surface area contributed by atoms with E-state index >= 15 is 0 Å². The van der Waals surface area contributed by atoms with Crippen molar-refractivity contribution in [1.29, 1.82) is 0 Å². The summed E-state index contributed by atoms with van der Waals surface area (Å²) >= 11 is 0. The van der Waals surface area contributed by atoms with Crippen molar-refractivity contribution in [1.82, 2.24) is 0 Å². The first kappa shape index (κ1) is 8.83. The summed E-state index contributed by atoms with van der Waals surface area (Å²) in [5.74, 6) is 0. The minimum Gasteiger partial charge on any atom is -0.121 e. The molecule has 0 saturated heterocycles. The molecule has 12 heavy (non-hydrogen) atoms. The third kappa shape index (κ3) is 2.11. The summed E-state index contributed by atoms with van der Waals surface area (Å²) < 4.78 is 0. The number of hydrogen-bond donors (Lipinski definition) is 0. The molecule has 1 aromatic carbocycles. The fourth-order valence-electron chi connectivity index (χ4n) is 1.20. The van der Waals surface area contributed by atoms with Gasteiger partial charge in [0.2, 0.25) is 0 Å². The van der Waals surface area contributed by atoms with Crippen LogP contribution in [-0.4, -0.2) is 0 Å². The summed E-state index contributed by atoms with van der Waals surface area (Å²) in [5.41, 5.74) is 5.79. The van der Waals surface area contributed by atoms with Crippen molar-refractivity contribution >= 4 is 5.57 Å². The van der Waals surface area contributed by atoms with Crippen LogP contribution < -0.4 is 0 Å². The standard InChI is InChI=1S/C12H14/c1-3-8-11(4-2)12-9-6-5-7-10-12/h3,5-7,9-10H,4H2,1-2H3. The minimum atomic E-state index is 1.04. The SMILES string of the molecule is CC=C=C(CC)c1ccccc1. The molecule has 0 atom stereocenters. The summed E-state index contributed by atoms with van der Waals surface area (Å²) in [6.45, 7) is 4.15. The zero-order valence-electron chi connectivity index (χ0n) is 7.67. The predicted molar refractivity (Wildman–Crippen MR) is 53.9 cm³/mol. The highest BCUT2D eigenvalue weighted by molar-refractivity contribution is 5.64. The molecule has 0 spiro atoms. The van der Waals surface area contributed by atoms with Crippen LogP contribution in [0.15, 0.2) is 42.1 Å². The van der Waals surface area contributed by atoms with Gasteiger partial charge in [0.25, 0.3) is 0 Å². The normalized spacial score (nSPS) is 8.83. The van der Waals surface area contributed by atoms with Crippen LogP contribution in [0.4, 0.5) is 0 Å². The number of rotatable bonds is 2. The lowest BCUT2D eigenvalue weighted by Gasteiger charge is -1.99. The Labute approximate surface area is 74.2 Å². The highest BCUT2D eigenvalue weighted by atomic mass is 14.0. The third-order valence-corrected chi connectivity index (χ3v) is 1.79. The van der Waals surface area contributed by atoms with Crippen molar-refractivity contribution in [2.75, 3.05) is 0 Å². The number of benzene rings is 1. The van der Waals surface area contributed by atoms with E-state index in [4.69, 9.17) is 0 Å². The van der Waals surface area contributed by atoms with Crippen molar-refractivity contribution < 1.29 is 0 Å². The molecule has 0 unspecified atom stereocenters. The summed E-state index contributed by atoms with van der Waals surface area (Å²) in [4.78, 5) is 0. The van der Waals surface area contributed by atoms with Gasteiger partial charge in [0.15, 0.2) is 0 Å². The Kier molecular flexibility index (Phi) is 3.37. The molecule has 0 heteroatoms. The van der Waals surface area contributed by atoms with Crippen LogP contribution in [0, 0.1) is 0 Å². The lowest BCUT2D eigenvalue weighted by atomic mass is 10.1. The summed E-state index contributed by atoms with van der Waals surface area (Å²) in [6.07, 6.45) is 3.00. The molecular weight excluding hydrogens is 144 g/mol. The fourth-order valence-corrected chi connectivity index (χ4v) is 1.20. The number of hydrogen-bond acceptors (Lipinski definition) is 0. The molecule has 0 saturated carbocycles. The molecule has 0 bridgehead atoms. The topological polar surface area (TPSA) is 0 Å². The van der Waals surface area contributed by atoms with E-state index in [9.17, 15) is 0 Å². The van der Waals surface area contributed by atoms with Crippen LogP contribution in [0.5, 0.6) is 0 Å². The van der Waals surface area contributed by atoms with Crippen molar-refractivity contribution in [3.05, 3.63) is 47.7 Å². The monoisotopic (exact) mass is 158 g/mol. The van der Waals surface area contributed by atoms with E-state index in [0.717, 1.165) is 6.42 Å². The molecule has 0 nitrogen and oxygen atoms in total. The first-order valence-corrected chi connectivity index (χ1v) is 4.34. The second-order valence-corrected chi connectivity index (χ2v) is 2.63. The van der Waals surface area contributed by atoms with Gasteiger partial charge >= 0.3 is 0 Å². The maximum absolute atomic E-state index is 3.24. The summed E-state index contributed by atoms with van der Waals surface area (Å²) in [6, 6.07) is 10.4. The van der Waals surface area contributed by atoms with E-state index < -0.39 is 0 Å². The number of allylic oxidation sites excluding steroid dienone is 1. The molecule has 62 valence electrons. The van der Waals surface area contributed by atoms with E-state index in [-0.39, 0.29) is 0 Å². The largest absolute Gasteiger partial charge is 0.121 e. The predicted octanol–water partition coefficient (Wildman–Crippen LogP) is 3.66. The van der Waals surface area contributed by atoms with Gasteiger partial charge in [-0.3, -0.25) is 0 Å². The average Bonchev–Trinajstić information content (AvgIpc) is 2.15. The Morgan fingerprint density at radius 2 is 2.00 bits per heavy atom. The van der Waals surface area contributed by atoms with Gasteiger partial charge in [0.05, 0.1) is 0 Å². The zero-order chi connectivity index (χ0) is 8.81. The Bertz CT molecular complexity index is 287. The van der Waals surface area contributed by atoms with Gasteiger partial charge in [-0.15, -0.1) is 5.73 Å². The van der Waals surface area contributed by atoms with Crippen LogP contribution in [0.2, 0.25) is 0 Å². The first-order valence-electron chi connectivity index (χ1n) is 4.34. The highest BCUT2D eigenvalue weighted by Gasteiger charge is 1.94. The molecular formula is C12H14. The van der Waals surface area contributed by atoms with Crippen molar-refractivity contribution in [3.8, 4) is 0 Å². The zero-order valence-corrected chi connectivity index (χ0v) is 7.67. The average molecular weight is 158 g/mol. The third-order valence-electron chi connectivity index (χ3n) is 1.79. The van der Waals surface area contributed by atoms with E-state index in [1.807, 2.05) is 19.1 Å². The molecule has 0 aliphatic rings. The molecule has 0 radical (unpaired) electrons. The summed E-state index contributed by atoms with van der Waals surface area (Å²) in [5, 5.41) is 0. The van der Waals surface area contributed by atoms with Crippen LogP contribution in [-0.2, 0) is 0 Å². The molecule has 0 fully saturated rings. The Balaban J connectivity index is 3.05. The fraction of sp³-hybridized carbons (Fsp3) is 0.250. The lowest BCUT2D eigenvalue weighted by Crippen LogP contribution is -1.78. The van der Waals surface area contributed by atoms with E-state index in [0.29, 0.717) is 0 Å². The van der Waals surface area contributed by atoms with Crippen molar-refractivity contribution in [3.63, 3.8) is 0 Å². The summed E-state index contributed by atoms with van der Waals surface area (Å²) in [7, 11) is 0. The molecule has 0 aromatic heterocycles. The van der Waals surface area contributed by atoms with Crippen LogP contribution >= 0.6 is 0 Å². The molecule has 0 heterocycles. The van der Waals surface area contributed by atoms with Gasteiger partial charge in [-0.2, -0.15) is 0 Å². The minimum absolute atomic E-state index is 1.04. The van der Waals surface area contributed by atoms with E-state index in [1.165, 1.54) is 11.1 Å². The first-order chi connectivity index (χ1) is 5.88. The quantitative estimate of drug-likeness (QED) is 0.576. The molecule has 0 aliphatic heterocycles. The molecule has 0 N–H and O–H groups in total. The Morgan fingerprint density at radius 1 is 1.33 bits per heavy atom. The highest BCUT2D eigenvalue weighted by Crippen LogP contribution is 2.15. The van der Waals surface area contributed by atoms with Gasteiger partial charge in [-0.1, -0.05) is 37.3 Å².